The molecule has 0 spiro atoms. The lowest BCUT2D eigenvalue weighted by molar-refractivity contribution is 0.355. The van der Waals surface area contributed by atoms with Gasteiger partial charge in [-0.05, 0) is 42.0 Å². The van der Waals surface area contributed by atoms with Crippen molar-refractivity contribution in [3.63, 3.8) is 0 Å². The number of H-pyrrole nitrogens is 1. The Kier molecular flexibility index (Phi) is 5.11. The number of rotatable bonds is 6. The van der Waals surface area contributed by atoms with Crippen molar-refractivity contribution in [1.29, 1.82) is 0 Å². The van der Waals surface area contributed by atoms with Gasteiger partial charge in [0.15, 0.2) is 11.5 Å². The molecule has 0 aliphatic heterocycles. The zero-order valence-corrected chi connectivity index (χ0v) is 16.1. The molecule has 0 aliphatic carbocycles. The third-order valence-electron chi connectivity index (χ3n) is 4.59. The summed E-state index contributed by atoms with van der Waals surface area (Å²) in [5, 5.41) is 4.27. The molecule has 0 fully saturated rings. The maximum atomic E-state index is 11.3. The molecule has 0 aliphatic rings. The zero-order chi connectivity index (χ0) is 20.2. The zero-order valence-electron chi connectivity index (χ0n) is 16.1. The first-order valence-electron chi connectivity index (χ1n) is 9.07. The van der Waals surface area contributed by atoms with Crippen molar-refractivity contribution in [3.8, 4) is 22.8 Å². The van der Waals surface area contributed by atoms with Crippen LogP contribution in [-0.4, -0.2) is 29.2 Å². The number of aromatic amines is 1. The van der Waals surface area contributed by atoms with E-state index in [1.165, 1.54) is 6.07 Å². The number of anilines is 1. The number of nitrogens with one attached hydrogen (secondary N) is 2. The summed E-state index contributed by atoms with van der Waals surface area (Å²) in [6, 6.07) is 14.8. The van der Waals surface area contributed by atoms with Crippen molar-refractivity contribution in [1.82, 2.24) is 15.0 Å². The Hall–Kier alpha value is -3.87. The Morgan fingerprint density at radius 2 is 1.90 bits per heavy atom. The molecule has 0 atom stereocenters. The molecule has 0 amide bonds. The van der Waals surface area contributed by atoms with Crippen molar-refractivity contribution in [2.45, 2.75) is 6.54 Å². The second kappa shape index (κ2) is 8.02. The number of pyridine rings is 3. The van der Waals surface area contributed by atoms with Crippen LogP contribution in [0.2, 0.25) is 0 Å². The monoisotopic (exact) mass is 388 g/mol. The van der Waals surface area contributed by atoms with Crippen LogP contribution in [0.1, 0.15) is 5.56 Å². The second-order valence-corrected chi connectivity index (χ2v) is 6.41. The lowest BCUT2D eigenvalue weighted by Crippen LogP contribution is -2.07. The number of hydrogen-bond donors (Lipinski definition) is 2. The highest BCUT2D eigenvalue weighted by atomic mass is 16.5. The third-order valence-corrected chi connectivity index (χ3v) is 4.59. The predicted octanol–water partition coefficient (Wildman–Crippen LogP) is 3.61. The Morgan fingerprint density at radius 1 is 1.03 bits per heavy atom. The lowest BCUT2D eigenvalue weighted by atomic mass is 10.1. The predicted molar refractivity (Wildman–Crippen MR) is 112 cm³/mol. The summed E-state index contributed by atoms with van der Waals surface area (Å²) in [6.07, 6.45) is 3.44. The van der Waals surface area contributed by atoms with Gasteiger partial charge in [-0.15, -0.1) is 0 Å². The van der Waals surface area contributed by atoms with E-state index in [2.05, 4.69) is 15.3 Å². The van der Waals surface area contributed by atoms with Gasteiger partial charge in [0.1, 0.15) is 5.82 Å². The van der Waals surface area contributed by atoms with Crippen molar-refractivity contribution in [2.24, 2.45) is 0 Å². The van der Waals surface area contributed by atoms with E-state index in [0.717, 1.165) is 27.7 Å². The highest BCUT2D eigenvalue weighted by molar-refractivity contribution is 5.92. The molecule has 3 heterocycles. The molecular formula is C22H20N4O3. The van der Waals surface area contributed by atoms with E-state index >= 15 is 0 Å². The summed E-state index contributed by atoms with van der Waals surface area (Å²) < 4.78 is 10.7. The number of fused-ring (bicyclic) bond motifs is 1. The standard InChI is InChI=1S/C22H20N4O3/c1-28-19-7-6-15(10-20(19)29-2)17-11-18-16(4-3-9-23-18)22(26-17)25-13-14-5-8-21(27)24-12-14/h3-12H,13H2,1-2H3,(H,24,27)(H,25,26). The van der Waals surface area contributed by atoms with Crippen LogP contribution in [0, 0.1) is 0 Å². The number of nitrogens with zero attached hydrogens (tertiary/aromatic N) is 2. The first-order valence-corrected chi connectivity index (χ1v) is 9.07. The largest absolute Gasteiger partial charge is 0.493 e. The average Bonchev–Trinajstić information content (AvgIpc) is 2.77. The normalized spacial score (nSPS) is 10.7. The number of aromatic nitrogens is 3. The molecule has 7 heteroatoms. The fraction of sp³-hybridized carbons (Fsp3) is 0.136. The second-order valence-electron chi connectivity index (χ2n) is 6.41. The third kappa shape index (κ3) is 3.89. The van der Waals surface area contributed by atoms with E-state index < -0.39 is 0 Å². The van der Waals surface area contributed by atoms with Crippen LogP contribution in [0.15, 0.2) is 65.7 Å². The molecule has 29 heavy (non-hydrogen) atoms. The first-order chi connectivity index (χ1) is 14.2. The Balaban J connectivity index is 1.74. The Morgan fingerprint density at radius 3 is 2.66 bits per heavy atom. The summed E-state index contributed by atoms with van der Waals surface area (Å²) in [6.45, 7) is 0.517. The number of hydrogen-bond acceptors (Lipinski definition) is 6. The van der Waals surface area contributed by atoms with Crippen LogP contribution in [0.4, 0.5) is 5.82 Å². The molecule has 4 aromatic rings. The van der Waals surface area contributed by atoms with Crippen LogP contribution >= 0.6 is 0 Å². The molecule has 1 aromatic carbocycles. The average molecular weight is 388 g/mol. The molecule has 0 saturated carbocycles. The minimum Gasteiger partial charge on any atom is -0.493 e. The molecule has 0 radical (unpaired) electrons. The van der Waals surface area contributed by atoms with Crippen molar-refractivity contribution in [2.75, 3.05) is 19.5 Å². The van der Waals surface area contributed by atoms with E-state index in [-0.39, 0.29) is 5.56 Å². The van der Waals surface area contributed by atoms with Crippen LogP contribution in [-0.2, 0) is 6.54 Å². The summed E-state index contributed by atoms with van der Waals surface area (Å²) in [5.41, 5.74) is 3.30. The highest BCUT2D eigenvalue weighted by Crippen LogP contribution is 2.33. The van der Waals surface area contributed by atoms with E-state index in [1.54, 1.807) is 32.7 Å². The summed E-state index contributed by atoms with van der Waals surface area (Å²) in [7, 11) is 3.21. The van der Waals surface area contributed by atoms with Gasteiger partial charge in [-0.3, -0.25) is 9.78 Å². The van der Waals surface area contributed by atoms with Gasteiger partial charge in [0.25, 0.3) is 0 Å². The molecule has 7 nitrogen and oxygen atoms in total. The molecule has 0 bridgehead atoms. The Bertz CT molecular complexity index is 1200. The molecule has 146 valence electrons. The molecule has 0 unspecified atom stereocenters. The van der Waals surface area contributed by atoms with Crippen LogP contribution in [0.5, 0.6) is 11.5 Å². The maximum Gasteiger partial charge on any atom is 0.247 e. The quantitative estimate of drug-likeness (QED) is 0.524. The Labute approximate surface area is 167 Å². The molecule has 2 N–H and O–H groups in total. The van der Waals surface area contributed by atoms with Crippen LogP contribution in [0.3, 0.4) is 0 Å². The van der Waals surface area contributed by atoms with Gasteiger partial charge in [0, 0.05) is 36.0 Å². The van der Waals surface area contributed by atoms with Gasteiger partial charge in [-0.2, -0.15) is 0 Å². The van der Waals surface area contributed by atoms with E-state index in [4.69, 9.17) is 14.5 Å². The van der Waals surface area contributed by atoms with Gasteiger partial charge in [-0.25, -0.2) is 4.98 Å². The summed E-state index contributed by atoms with van der Waals surface area (Å²) in [4.78, 5) is 23.2. The van der Waals surface area contributed by atoms with Gasteiger partial charge < -0.3 is 19.8 Å². The van der Waals surface area contributed by atoms with Crippen molar-refractivity contribution >= 4 is 16.7 Å². The summed E-state index contributed by atoms with van der Waals surface area (Å²) in [5.74, 6) is 2.01. The van der Waals surface area contributed by atoms with Crippen LogP contribution < -0.4 is 20.3 Å². The van der Waals surface area contributed by atoms with Crippen molar-refractivity contribution in [3.05, 3.63) is 76.8 Å². The fourth-order valence-electron chi connectivity index (χ4n) is 3.09. The van der Waals surface area contributed by atoms with E-state index in [1.807, 2.05) is 36.4 Å². The molecule has 0 saturated heterocycles. The minimum atomic E-state index is -0.128. The molecular weight excluding hydrogens is 368 g/mol. The SMILES string of the molecule is COc1ccc(-c2cc3ncccc3c(NCc3ccc(=O)[nH]c3)n2)cc1OC. The smallest absolute Gasteiger partial charge is 0.247 e. The van der Waals surface area contributed by atoms with Gasteiger partial charge in [0.05, 0.1) is 25.4 Å². The van der Waals surface area contributed by atoms with E-state index in [0.29, 0.717) is 23.9 Å². The highest BCUT2D eigenvalue weighted by Gasteiger charge is 2.11. The van der Waals surface area contributed by atoms with Gasteiger partial charge >= 0.3 is 0 Å². The lowest BCUT2D eigenvalue weighted by Gasteiger charge is -2.13. The van der Waals surface area contributed by atoms with E-state index in [9.17, 15) is 4.79 Å². The van der Waals surface area contributed by atoms with Gasteiger partial charge in [0.2, 0.25) is 5.56 Å². The maximum absolute atomic E-state index is 11.3. The van der Waals surface area contributed by atoms with Crippen LogP contribution in [0.25, 0.3) is 22.2 Å². The van der Waals surface area contributed by atoms with Gasteiger partial charge in [-0.1, -0.05) is 6.07 Å². The minimum absolute atomic E-state index is 0.128. The number of methoxy groups -OCH3 is 2. The van der Waals surface area contributed by atoms with Crippen molar-refractivity contribution < 1.29 is 9.47 Å². The topological polar surface area (TPSA) is 89.1 Å². The number of benzene rings is 1. The number of ether oxygens (including phenoxy) is 2. The first kappa shape index (κ1) is 18.5. The fourth-order valence-corrected chi connectivity index (χ4v) is 3.09. The summed E-state index contributed by atoms with van der Waals surface area (Å²) >= 11 is 0. The molecule has 4 rings (SSSR count). The molecule has 3 aromatic heterocycles.